The molecule has 0 bridgehead atoms. The predicted molar refractivity (Wildman–Crippen MR) is 86.8 cm³/mol. The lowest BCUT2D eigenvalue weighted by atomic mass is 10.2. The minimum atomic E-state index is -0.434. The summed E-state index contributed by atoms with van der Waals surface area (Å²) in [5.74, 6) is 0.575. The number of hydrogen-bond donors (Lipinski definition) is 2. The van der Waals surface area contributed by atoms with E-state index in [1.165, 1.54) is 7.11 Å². The van der Waals surface area contributed by atoms with Gasteiger partial charge in [-0.25, -0.2) is 9.78 Å². The second-order valence-electron chi connectivity index (χ2n) is 4.25. The first-order valence-corrected chi connectivity index (χ1v) is 6.84. The Morgan fingerprint density at radius 2 is 2.27 bits per heavy atom. The maximum Gasteiger partial charge on any atom is 0.337 e. The van der Waals surface area contributed by atoms with Crippen LogP contribution in [-0.4, -0.2) is 29.6 Å². The average Bonchev–Trinajstić information content (AvgIpc) is 2.54. The van der Waals surface area contributed by atoms with Crippen LogP contribution < -0.4 is 10.6 Å². The molecule has 0 saturated heterocycles. The maximum absolute atomic E-state index is 11.6. The Morgan fingerprint density at radius 1 is 1.45 bits per heavy atom. The van der Waals surface area contributed by atoms with Crippen LogP contribution in [0, 0.1) is 0 Å². The lowest BCUT2D eigenvalue weighted by molar-refractivity contribution is 0.0601. The van der Waals surface area contributed by atoms with E-state index in [0.29, 0.717) is 34.6 Å². The highest BCUT2D eigenvalue weighted by molar-refractivity contribution is 6.33. The summed E-state index contributed by atoms with van der Waals surface area (Å²) in [5, 5.41) is 6.50. The fourth-order valence-corrected chi connectivity index (χ4v) is 1.85. The number of carbonyl (C=O) groups excluding carboxylic acids is 1. The van der Waals surface area contributed by atoms with Gasteiger partial charge in [-0.3, -0.25) is 0 Å². The van der Waals surface area contributed by atoms with Crippen molar-refractivity contribution >= 4 is 35.0 Å². The molecule has 7 heteroatoms. The Morgan fingerprint density at radius 3 is 3.00 bits per heavy atom. The van der Waals surface area contributed by atoms with Crippen molar-refractivity contribution in [3.63, 3.8) is 0 Å². The van der Waals surface area contributed by atoms with Gasteiger partial charge in [0.15, 0.2) is 0 Å². The van der Waals surface area contributed by atoms with Crippen molar-refractivity contribution in [2.24, 2.45) is 0 Å². The summed E-state index contributed by atoms with van der Waals surface area (Å²) in [6, 6.07) is 6.51. The summed E-state index contributed by atoms with van der Waals surface area (Å²) < 4.78 is 4.69. The second kappa shape index (κ2) is 7.42. The van der Waals surface area contributed by atoms with Gasteiger partial charge < -0.3 is 15.4 Å². The number of carbonyl (C=O) groups is 1. The summed E-state index contributed by atoms with van der Waals surface area (Å²) in [7, 11) is 1.33. The third-order valence-corrected chi connectivity index (χ3v) is 3.04. The van der Waals surface area contributed by atoms with Gasteiger partial charge in [0.2, 0.25) is 5.95 Å². The van der Waals surface area contributed by atoms with Crippen LogP contribution in [0.2, 0.25) is 5.02 Å². The van der Waals surface area contributed by atoms with E-state index < -0.39 is 5.97 Å². The minimum absolute atomic E-state index is 0.397. The van der Waals surface area contributed by atoms with Crippen molar-refractivity contribution in [2.45, 2.75) is 0 Å². The number of nitrogens with zero attached hydrogens (tertiary/aromatic N) is 2. The Bertz CT molecular complexity index is 691. The molecule has 114 valence electrons. The smallest absolute Gasteiger partial charge is 0.337 e. The SMILES string of the molecule is C=CCNc1nccc(Nc2cc(C(=O)OC)ccc2Cl)n1. The van der Waals surface area contributed by atoms with Crippen molar-refractivity contribution < 1.29 is 9.53 Å². The maximum atomic E-state index is 11.6. The molecule has 0 saturated carbocycles. The molecule has 0 aliphatic heterocycles. The fraction of sp³-hybridized carbons (Fsp3) is 0.133. The van der Waals surface area contributed by atoms with E-state index in [4.69, 9.17) is 11.6 Å². The molecule has 0 aliphatic rings. The number of benzene rings is 1. The molecule has 1 aromatic carbocycles. The van der Waals surface area contributed by atoms with E-state index in [1.54, 1.807) is 36.5 Å². The van der Waals surface area contributed by atoms with Crippen LogP contribution in [-0.2, 0) is 4.74 Å². The standard InChI is InChI=1S/C15H15ClN4O2/c1-3-7-17-15-18-8-6-13(20-15)19-12-9-10(14(21)22-2)4-5-11(12)16/h3-6,8-9H,1,7H2,2H3,(H2,17,18,19,20). The number of methoxy groups -OCH3 is 1. The molecule has 0 spiro atoms. The zero-order valence-corrected chi connectivity index (χ0v) is 12.7. The van der Waals surface area contributed by atoms with Gasteiger partial charge in [-0.05, 0) is 24.3 Å². The van der Waals surface area contributed by atoms with Crippen LogP contribution in [0.4, 0.5) is 17.5 Å². The van der Waals surface area contributed by atoms with Gasteiger partial charge in [0, 0.05) is 12.7 Å². The van der Waals surface area contributed by atoms with E-state index in [1.807, 2.05) is 0 Å². The van der Waals surface area contributed by atoms with Crippen molar-refractivity contribution in [3.05, 3.63) is 53.7 Å². The molecule has 0 amide bonds. The van der Waals surface area contributed by atoms with Crippen LogP contribution in [0.25, 0.3) is 0 Å². The molecule has 1 aromatic heterocycles. The number of nitrogens with one attached hydrogen (secondary N) is 2. The molecule has 0 fully saturated rings. The molecular weight excluding hydrogens is 304 g/mol. The average molecular weight is 319 g/mol. The zero-order valence-electron chi connectivity index (χ0n) is 12.0. The van der Waals surface area contributed by atoms with Gasteiger partial charge in [0.05, 0.1) is 23.4 Å². The number of rotatable bonds is 6. The van der Waals surface area contributed by atoms with Crippen LogP contribution in [0.3, 0.4) is 0 Å². The van der Waals surface area contributed by atoms with Crippen molar-refractivity contribution in [3.8, 4) is 0 Å². The molecule has 0 radical (unpaired) electrons. The summed E-state index contributed by atoms with van der Waals surface area (Å²) in [4.78, 5) is 19.9. The van der Waals surface area contributed by atoms with Gasteiger partial charge in [-0.2, -0.15) is 4.98 Å². The summed E-state index contributed by atoms with van der Waals surface area (Å²) in [6.07, 6.45) is 3.32. The third-order valence-electron chi connectivity index (χ3n) is 2.71. The quantitative estimate of drug-likeness (QED) is 0.629. The van der Waals surface area contributed by atoms with E-state index in [-0.39, 0.29) is 0 Å². The van der Waals surface area contributed by atoms with Crippen LogP contribution >= 0.6 is 11.6 Å². The molecule has 2 N–H and O–H groups in total. The largest absolute Gasteiger partial charge is 0.465 e. The van der Waals surface area contributed by atoms with E-state index in [9.17, 15) is 4.79 Å². The van der Waals surface area contributed by atoms with E-state index >= 15 is 0 Å². The van der Waals surface area contributed by atoms with Crippen LogP contribution in [0.1, 0.15) is 10.4 Å². The Kier molecular flexibility index (Phi) is 5.32. The molecule has 0 aliphatic carbocycles. The van der Waals surface area contributed by atoms with Crippen LogP contribution in [0.5, 0.6) is 0 Å². The second-order valence-corrected chi connectivity index (χ2v) is 4.65. The summed E-state index contributed by atoms with van der Waals surface area (Å²) in [5.41, 5.74) is 0.950. The Hall–Kier alpha value is -2.60. The Balaban J connectivity index is 2.22. The van der Waals surface area contributed by atoms with Crippen molar-refractivity contribution in [2.75, 3.05) is 24.3 Å². The Labute approximate surface area is 133 Å². The van der Waals surface area contributed by atoms with E-state index in [0.717, 1.165) is 0 Å². The molecule has 2 aromatic rings. The van der Waals surface area contributed by atoms with Gasteiger partial charge in [0.25, 0.3) is 0 Å². The first kappa shape index (κ1) is 15.8. The third kappa shape index (κ3) is 3.95. The molecule has 2 rings (SSSR count). The topological polar surface area (TPSA) is 76.1 Å². The molecule has 6 nitrogen and oxygen atoms in total. The molecular formula is C15H15ClN4O2. The first-order valence-electron chi connectivity index (χ1n) is 6.46. The van der Waals surface area contributed by atoms with Gasteiger partial charge in [0.1, 0.15) is 5.82 Å². The van der Waals surface area contributed by atoms with Gasteiger partial charge in [-0.1, -0.05) is 17.7 Å². The molecule has 0 unspecified atom stereocenters. The van der Waals surface area contributed by atoms with Crippen LogP contribution in [0.15, 0.2) is 43.1 Å². The number of hydrogen-bond acceptors (Lipinski definition) is 6. The van der Waals surface area contributed by atoms with Crippen molar-refractivity contribution in [1.82, 2.24) is 9.97 Å². The molecule has 0 atom stereocenters. The number of anilines is 3. The summed E-state index contributed by atoms with van der Waals surface area (Å²) in [6.45, 7) is 4.17. The monoisotopic (exact) mass is 318 g/mol. The fourth-order valence-electron chi connectivity index (χ4n) is 1.68. The van der Waals surface area contributed by atoms with E-state index in [2.05, 4.69) is 31.9 Å². The highest BCUT2D eigenvalue weighted by atomic mass is 35.5. The zero-order chi connectivity index (χ0) is 15.9. The van der Waals surface area contributed by atoms with Gasteiger partial charge in [-0.15, -0.1) is 6.58 Å². The number of halogens is 1. The first-order chi connectivity index (χ1) is 10.6. The number of aromatic nitrogens is 2. The number of ether oxygens (including phenoxy) is 1. The highest BCUT2D eigenvalue weighted by Gasteiger charge is 2.10. The summed E-state index contributed by atoms with van der Waals surface area (Å²) >= 11 is 6.13. The molecule has 1 heterocycles. The number of esters is 1. The predicted octanol–water partition coefficient (Wildman–Crippen LogP) is 3.26. The molecule has 22 heavy (non-hydrogen) atoms. The lowest BCUT2D eigenvalue weighted by Crippen LogP contribution is -2.05. The van der Waals surface area contributed by atoms with Gasteiger partial charge >= 0.3 is 5.97 Å². The lowest BCUT2D eigenvalue weighted by Gasteiger charge is -2.10. The van der Waals surface area contributed by atoms with Crippen molar-refractivity contribution in [1.29, 1.82) is 0 Å². The normalized spacial score (nSPS) is 9.91. The highest BCUT2D eigenvalue weighted by Crippen LogP contribution is 2.26. The minimum Gasteiger partial charge on any atom is -0.465 e.